The summed E-state index contributed by atoms with van der Waals surface area (Å²) in [6.45, 7) is 3.93. The molecule has 1 amide bonds. The topological polar surface area (TPSA) is 76.6 Å². The van der Waals surface area contributed by atoms with Crippen LogP contribution in [0.4, 0.5) is 0 Å². The van der Waals surface area contributed by atoms with Gasteiger partial charge in [-0.15, -0.1) is 0 Å². The van der Waals surface area contributed by atoms with E-state index < -0.39 is 0 Å². The number of carbonyl (C=O) groups excluding carboxylic acids is 1. The number of nitrogens with zero attached hydrogens (tertiary/aromatic N) is 3. The minimum Gasteiger partial charge on any atom is -0.454 e. The Morgan fingerprint density at radius 3 is 2.74 bits per heavy atom. The Morgan fingerprint density at radius 1 is 1.06 bits per heavy atom. The van der Waals surface area contributed by atoms with E-state index in [0.29, 0.717) is 30.2 Å². The first-order valence-electron chi connectivity index (χ1n) is 11.6. The Labute approximate surface area is 203 Å². The van der Waals surface area contributed by atoms with Crippen LogP contribution in [-0.2, 0) is 11.3 Å². The molecule has 0 radical (unpaired) electrons. The van der Waals surface area contributed by atoms with E-state index in [-0.39, 0.29) is 5.91 Å². The first-order chi connectivity index (χ1) is 16.7. The summed E-state index contributed by atoms with van der Waals surface area (Å²) >= 11 is 1.36. The minimum absolute atomic E-state index is 0.0219. The van der Waals surface area contributed by atoms with Crippen LogP contribution < -0.4 is 14.8 Å². The average molecular weight is 477 g/mol. The lowest BCUT2D eigenvalue weighted by molar-refractivity contribution is -0.118. The molecule has 7 nitrogen and oxygen atoms in total. The molecule has 1 N–H and O–H groups in total. The number of fused-ring (bicyclic) bond motifs is 1. The molecule has 0 bridgehead atoms. The van der Waals surface area contributed by atoms with Crippen molar-refractivity contribution in [2.45, 2.75) is 24.5 Å². The van der Waals surface area contributed by atoms with Crippen molar-refractivity contribution in [1.29, 1.82) is 0 Å². The van der Waals surface area contributed by atoms with Gasteiger partial charge in [-0.1, -0.05) is 48.2 Å². The molecule has 1 atom stereocenters. The van der Waals surface area contributed by atoms with Gasteiger partial charge in [0.2, 0.25) is 12.7 Å². The van der Waals surface area contributed by atoms with E-state index in [0.717, 1.165) is 55.1 Å². The summed E-state index contributed by atoms with van der Waals surface area (Å²) in [7, 11) is 0. The molecule has 1 saturated heterocycles. The summed E-state index contributed by atoms with van der Waals surface area (Å²) in [6, 6.07) is 16.2. The second-order valence-corrected chi connectivity index (χ2v) is 9.59. The van der Waals surface area contributed by atoms with Crippen molar-refractivity contribution in [3.63, 3.8) is 0 Å². The van der Waals surface area contributed by atoms with Gasteiger partial charge in [0, 0.05) is 37.6 Å². The molecular weight excluding hydrogens is 448 g/mol. The predicted octanol–water partition coefficient (Wildman–Crippen LogP) is 3.99. The molecule has 0 saturated carbocycles. The van der Waals surface area contributed by atoms with Crippen LogP contribution in [0.15, 0.2) is 66.1 Å². The normalized spacial score (nSPS) is 17.5. The zero-order chi connectivity index (χ0) is 23.2. The molecule has 5 rings (SSSR count). The number of hydrogen-bond donors (Lipinski definition) is 1. The van der Waals surface area contributed by atoms with Gasteiger partial charge in [0.25, 0.3) is 0 Å². The van der Waals surface area contributed by atoms with Crippen molar-refractivity contribution in [2.75, 3.05) is 32.2 Å². The van der Waals surface area contributed by atoms with E-state index in [9.17, 15) is 4.79 Å². The number of ether oxygens (including phenoxy) is 2. The van der Waals surface area contributed by atoms with E-state index in [4.69, 9.17) is 9.47 Å². The van der Waals surface area contributed by atoms with Crippen molar-refractivity contribution in [1.82, 2.24) is 20.2 Å². The lowest BCUT2D eigenvalue weighted by Gasteiger charge is -2.32. The second kappa shape index (κ2) is 10.9. The summed E-state index contributed by atoms with van der Waals surface area (Å²) in [4.78, 5) is 23.6. The molecule has 2 aromatic carbocycles. The van der Waals surface area contributed by atoms with Gasteiger partial charge in [-0.3, -0.25) is 9.69 Å². The Balaban J connectivity index is 1.05. The molecule has 3 heterocycles. The third-order valence-electron chi connectivity index (χ3n) is 6.10. The summed E-state index contributed by atoms with van der Waals surface area (Å²) < 4.78 is 10.9. The van der Waals surface area contributed by atoms with Gasteiger partial charge in [-0.05, 0) is 48.6 Å². The minimum atomic E-state index is 0.0219. The number of rotatable bonds is 8. The molecule has 1 aromatic heterocycles. The quantitative estimate of drug-likeness (QED) is 0.389. The number of likely N-dealkylation sites (tertiary alicyclic amines) is 1. The lowest BCUT2D eigenvalue weighted by atomic mass is 9.97. The van der Waals surface area contributed by atoms with Crippen LogP contribution in [0.5, 0.6) is 11.5 Å². The molecule has 1 unspecified atom stereocenters. The number of benzene rings is 2. The van der Waals surface area contributed by atoms with Crippen molar-refractivity contribution >= 4 is 17.7 Å². The fraction of sp³-hybridized carbons (Fsp3) is 0.346. The number of piperidine rings is 1. The summed E-state index contributed by atoms with van der Waals surface area (Å²) in [5.41, 5.74) is 3.28. The average Bonchev–Trinajstić information content (AvgIpc) is 3.35. The smallest absolute Gasteiger partial charge is 0.231 e. The summed E-state index contributed by atoms with van der Waals surface area (Å²) in [5.74, 6) is 2.44. The van der Waals surface area contributed by atoms with Crippen molar-refractivity contribution in [2.24, 2.45) is 5.92 Å². The van der Waals surface area contributed by atoms with Crippen molar-refractivity contribution in [3.05, 3.63) is 66.5 Å². The maximum atomic E-state index is 12.4. The van der Waals surface area contributed by atoms with E-state index in [1.54, 1.807) is 12.4 Å². The standard InChI is InChI=1S/C26H28N4O3S/c31-25(17-34-26-28-13-22(14-29-26)21-6-2-1-3-7-21)27-12-20-5-4-10-30(16-20)15-19-8-9-23-24(11-19)33-18-32-23/h1-3,6-9,11,13-14,20H,4-5,10,12,15-18H2,(H,27,31). The zero-order valence-electron chi connectivity index (χ0n) is 19.0. The molecule has 8 heteroatoms. The second-order valence-electron chi connectivity index (χ2n) is 8.64. The highest BCUT2D eigenvalue weighted by Gasteiger charge is 2.21. The highest BCUT2D eigenvalue weighted by molar-refractivity contribution is 7.99. The molecule has 0 aliphatic carbocycles. The lowest BCUT2D eigenvalue weighted by Crippen LogP contribution is -2.40. The highest BCUT2D eigenvalue weighted by atomic mass is 32.2. The van der Waals surface area contributed by atoms with Crippen LogP contribution in [0, 0.1) is 5.92 Å². The van der Waals surface area contributed by atoms with Gasteiger partial charge >= 0.3 is 0 Å². The Morgan fingerprint density at radius 2 is 1.88 bits per heavy atom. The number of carbonyl (C=O) groups is 1. The monoisotopic (exact) mass is 476 g/mol. The Kier molecular flexibility index (Phi) is 7.26. The first-order valence-corrected chi connectivity index (χ1v) is 12.6. The van der Waals surface area contributed by atoms with Crippen LogP contribution in [0.1, 0.15) is 18.4 Å². The van der Waals surface area contributed by atoms with Crippen LogP contribution in [0.3, 0.4) is 0 Å². The molecule has 3 aromatic rings. The molecule has 1 fully saturated rings. The van der Waals surface area contributed by atoms with E-state index in [2.05, 4.69) is 32.3 Å². The van der Waals surface area contributed by atoms with Gasteiger partial charge < -0.3 is 14.8 Å². The number of thioether (sulfide) groups is 1. The van der Waals surface area contributed by atoms with E-state index >= 15 is 0 Å². The van der Waals surface area contributed by atoms with Crippen LogP contribution in [-0.4, -0.2) is 53.0 Å². The van der Waals surface area contributed by atoms with Gasteiger partial charge in [0.15, 0.2) is 16.7 Å². The Hall–Kier alpha value is -3.10. The Bertz CT molecular complexity index is 1110. The third-order valence-corrected chi connectivity index (χ3v) is 6.98. The zero-order valence-corrected chi connectivity index (χ0v) is 19.8. The van der Waals surface area contributed by atoms with Crippen molar-refractivity contribution in [3.8, 4) is 22.6 Å². The van der Waals surface area contributed by atoms with E-state index in [1.807, 2.05) is 36.4 Å². The van der Waals surface area contributed by atoms with Gasteiger partial charge in [0.05, 0.1) is 5.75 Å². The molecule has 176 valence electrons. The third kappa shape index (κ3) is 5.87. The van der Waals surface area contributed by atoms with Gasteiger partial charge in [0.1, 0.15) is 0 Å². The SMILES string of the molecule is O=C(CSc1ncc(-c2ccccc2)cn1)NCC1CCCN(Cc2ccc3c(c2)OCO3)C1. The van der Waals surface area contributed by atoms with Crippen LogP contribution >= 0.6 is 11.8 Å². The van der Waals surface area contributed by atoms with Crippen LogP contribution in [0.25, 0.3) is 11.1 Å². The fourth-order valence-corrected chi connectivity index (χ4v) is 4.99. The molecule has 34 heavy (non-hydrogen) atoms. The molecule has 2 aliphatic heterocycles. The van der Waals surface area contributed by atoms with Crippen LogP contribution in [0.2, 0.25) is 0 Å². The molecular formula is C26H28N4O3S. The number of hydrogen-bond acceptors (Lipinski definition) is 7. The van der Waals surface area contributed by atoms with Gasteiger partial charge in [-0.25, -0.2) is 9.97 Å². The number of nitrogens with one attached hydrogen (secondary N) is 1. The maximum absolute atomic E-state index is 12.4. The number of aromatic nitrogens is 2. The predicted molar refractivity (Wildman–Crippen MR) is 132 cm³/mol. The summed E-state index contributed by atoms with van der Waals surface area (Å²) in [5, 5.41) is 3.71. The number of amides is 1. The largest absolute Gasteiger partial charge is 0.454 e. The van der Waals surface area contributed by atoms with Crippen molar-refractivity contribution < 1.29 is 14.3 Å². The highest BCUT2D eigenvalue weighted by Crippen LogP contribution is 2.33. The molecule has 2 aliphatic rings. The van der Waals surface area contributed by atoms with E-state index in [1.165, 1.54) is 17.3 Å². The first kappa shape index (κ1) is 22.7. The fourth-order valence-electron chi connectivity index (χ4n) is 4.37. The summed E-state index contributed by atoms with van der Waals surface area (Å²) in [6.07, 6.45) is 5.88. The molecule has 0 spiro atoms. The maximum Gasteiger partial charge on any atom is 0.231 e. The van der Waals surface area contributed by atoms with Gasteiger partial charge in [-0.2, -0.15) is 0 Å².